The molecule has 1 fully saturated rings. The predicted molar refractivity (Wildman–Crippen MR) is 149 cm³/mol. The molecule has 5 aromatic heterocycles. The van der Waals surface area contributed by atoms with E-state index in [2.05, 4.69) is 40.9 Å². The fourth-order valence-electron chi connectivity index (χ4n) is 5.44. The van der Waals surface area contributed by atoms with Crippen LogP contribution in [0, 0.1) is 12.7 Å². The summed E-state index contributed by atoms with van der Waals surface area (Å²) >= 11 is 0. The summed E-state index contributed by atoms with van der Waals surface area (Å²) in [6.45, 7) is 3.84. The summed E-state index contributed by atoms with van der Waals surface area (Å²) in [5, 5.41) is 17.5. The van der Waals surface area contributed by atoms with E-state index >= 15 is 0 Å². The van der Waals surface area contributed by atoms with Crippen LogP contribution in [-0.2, 0) is 9.53 Å². The minimum atomic E-state index is -0.947. The zero-order valence-electron chi connectivity index (χ0n) is 23.0. The molecule has 1 atom stereocenters. The number of amides is 1. The normalized spacial score (nSPS) is 19.8. The average Bonchev–Trinajstić information content (AvgIpc) is 3.74. The molecule has 1 aliphatic carbocycles. The number of H-pyrrole nitrogens is 2. The van der Waals surface area contributed by atoms with Crippen molar-refractivity contribution in [3.05, 3.63) is 72.0 Å². The van der Waals surface area contributed by atoms with Crippen molar-refractivity contribution in [2.24, 2.45) is 0 Å². The lowest BCUT2D eigenvalue weighted by Crippen LogP contribution is -2.50. The van der Waals surface area contributed by atoms with Gasteiger partial charge in [0.1, 0.15) is 16.9 Å². The molecule has 41 heavy (non-hydrogen) atoms. The van der Waals surface area contributed by atoms with Gasteiger partial charge in [-0.3, -0.25) is 9.89 Å². The van der Waals surface area contributed by atoms with Crippen molar-refractivity contribution in [2.75, 3.05) is 12.4 Å². The van der Waals surface area contributed by atoms with E-state index in [-0.39, 0.29) is 17.9 Å². The molecule has 0 bridgehead atoms. The second kappa shape index (κ2) is 10.7. The summed E-state index contributed by atoms with van der Waals surface area (Å²) in [4.78, 5) is 30.5. The quantitative estimate of drug-likeness (QED) is 0.219. The third-order valence-electron chi connectivity index (χ3n) is 7.78. The van der Waals surface area contributed by atoms with Gasteiger partial charge in [0.25, 0.3) is 5.91 Å². The Morgan fingerprint density at radius 1 is 1.20 bits per heavy atom. The van der Waals surface area contributed by atoms with Gasteiger partial charge >= 0.3 is 0 Å². The predicted octanol–water partition coefficient (Wildman–Crippen LogP) is 4.37. The maximum atomic E-state index is 13.5. The number of pyridine rings is 2. The summed E-state index contributed by atoms with van der Waals surface area (Å²) in [5.74, 6) is 1.37. The number of nitrogens with one attached hydrogen (secondary N) is 4. The van der Waals surface area contributed by atoms with Crippen molar-refractivity contribution in [1.29, 1.82) is 0 Å². The highest BCUT2D eigenvalue weighted by Crippen LogP contribution is 2.41. The Morgan fingerprint density at radius 3 is 2.68 bits per heavy atom. The number of aryl methyl sites for hydroxylation is 1. The van der Waals surface area contributed by atoms with Gasteiger partial charge in [-0.05, 0) is 51.2 Å². The van der Waals surface area contributed by atoms with Crippen LogP contribution in [0.15, 0.2) is 49.2 Å². The first-order valence-electron chi connectivity index (χ1n) is 13.5. The third-order valence-corrected chi connectivity index (χ3v) is 7.78. The Morgan fingerprint density at radius 2 is 2.02 bits per heavy atom. The molecule has 0 aromatic carbocycles. The average molecular weight is 559 g/mol. The maximum absolute atomic E-state index is 13.5. The lowest BCUT2D eigenvalue weighted by Gasteiger charge is -2.38. The Balaban J connectivity index is 1.14. The first-order chi connectivity index (χ1) is 19.8. The molecule has 12 nitrogen and oxygen atoms in total. The molecule has 212 valence electrons. The minimum absolute atomic E-state index is 0.112. The molecule has 13 heteroatoms. The second-order valence-electron chi connectivity index (χ2n) is 10.5. The number of nitrogens with zero attached hydrogens (tertiary/aromatic N) is 6. The van der Waals surface area contributed by atoms with Gasteiger partial charge in [-0.15, -0.1) is 0 Å². The SMILES string of the molecule is COC1(C(=O)N[C@@H](C)c2ccc(-n3cc(F)cn3)nc2)CCC(c2nc(Nc3cc(C)[nH]n3)cc3[nH]cnc23)CC1. The van der Waals surface area contributed by atoms with Crippen LogP contribution in [0.5, 0.6) is 0 Å². The summed E-state index contributed by atoms with van der Waals surface area (Å²) in [6, 6.07) is 7.11. The molecule has 5 heterocycles. The number of anilines is 2. The Bertz CT molecular complexity index is 1670. The molecule has 1 saturated carbocycles. The maximum Gasteiger partial charge on any atom is 0.252 e. The first kappa shape index (κ1) is 26.6. The molecule has 4 N–H and O–H groups in total. The second-order valence-corrected chi connectivity index (χ2v) is 10.5. The van der Waals surface area contributed by atoms with Gasteiger partial charge in [0.15, 0.2) is 17.5 Å². The van der Waals surface area contributed by atoms with Gasteiger partial charge in [0, 0.05) is 37.1 Å². The highest BCUT2D eigenvalue weighted by molar-refractivity contribution is 5.86. The number of aromatic nitrogens is 8. The molecule has 0 spiro atoms. The fourth-order valence-corrected chi connectivity index (χ4v) is 5.44. The van der Waals surface area contributed by atoms with Crippen LogP contribution in [0.25, 0.3) is 16.9 Å². The molecule has 0 saturated heterocycles. The monoisotopic (exact) mass is 558 g/mol. The summed E-state index contributed by atoms with van der Waals surface area (Å²) in [5.41, 5.74) is 3.42. The van der Waals surface area contributed by atoms with Gasteiger partial charge in [0.05, 0.1) is 36.0 Å². The summed E-state index contributed by atoms with van der Waals surface area (Å²) in [7, 11) is 1.59. The molecule has 1 aliphatic rings. The number of methoxy groups -OCH3 is 1. The summed E-state index contributed by atoms with van der Waals surface area (Å²) < 4.78 is 20.5. The standard InChI is InChI=1S/C28H31FN10O2/c1-16-10-23(38-37-16)35-22-11-21-26(32-15-31-21)25(36-22)18-6-8-28(41-3,9-7-18)27(40)34-17(2)19-4-5-24(30-12-19)39-14-20(29)13-33-39/h4-5,10-15,17-18H,6-9H2,1-3H3,(H,31,32)(H,34,40)(H2,35,36,37,38)/t17-,18?,28?/m0/s1. The number of hydrogen-bond donors (Lipinski definition) is 4. The van der Waals surface area contributed by atoms with Crippen LogP contribution in [0.3, 0.4) is 0 Å². The van der Waals surface area contributed by atoms with Crippen molar-refractivity contribution in [3.63, 3.8) is 0 Å². The number of halogens is 1. The van der Waals surface area contributed by atoms with Crippen molar-refractivity contribution in [3.8, 4) is 5.82 Å². The molecule has 6 rings (SSSR count). The Hall–Kier alpha value is -4.65. The van der Waals surface area contributed by atoms with E-state index in [0.717, 1.165) is 34.2 Å². The molecular weight excluding hydrogens is 527 g/mol. The zero-order chi connectivity index (χ0) is 28.6. The fraction of sp³-hybridized carbons (Fsp3) is 0.357. The number of hydrogen-bond acceptors (Lipinski definition) is 8. The van der Waals surface area contributed by atoms with E-state index in [4.69, 9.17) is 9.72 Å². The topological polar surface area (TPSA) is 151 Å². The third kappa shape index (κ3) is 5.27. The molecule has 0 aliphatic heterocycles. The Kier molecular flexibility index (Phi) is 6.95. The van der Waals surface area contributed by atoms with Crippen LogP contribution in [0.1, 0.15) is 61.5 Å². The lowest BCUT2D eigenvalue weighted by atomic mass is 9.76. The van der Waals surface area contributed by atoms with Crippen LogP contribution in [0.2, 0.25) is 0 Å². The van der Waals surface area contributed by atoms with Gasteiger partial charge in [-0.2, -0.15) is 10.2 Å². The highest BCUT2D eigenvalue weighted by atomic mass is 19.1. The largest absolute Gasteiger partial charge is 0.368 e. The number of carbonyl (C=O) groups is 1. The molecule has 0 radical (unpaired) electrons. The van der Waals surface area contributed by atoms with Crippen molar-refractivity contribution in [1.82, 2.24) is 45.2 Å². The molecular formula is C28H31FN10O2. The van der Waals surface area contributed by atoms with Crippen LogP contribution in [0.4, 0.5) is 16.0 Å². The van der Waals surface area contributed by atoms with Gasteiger partial charge in [0.2, 0.25) is 0 Å². The van der Waals surface area contributed by atoms with E-state index in [1.54, 1.807) is 25.7 Å². The van der Waals surface area contributed by atoms with Crippen molar-refractivity contribution >= 4 is 28.6 Å². The molecule has 5 aromatic rings. The number of carbonyl (C=O) groups excluding carboxylic acids is 1. The number of fused-ring (bicyclic) bond motifs is 1. The number of imidazole rings is 1. The zero-order valence-corrected chi connectivity index (χ0v) is 23.0. The summed E-state index contributed by atoms with van der Waals surface area (Å²) in [6.07, 6.45) is 8.22. The smallest absolute Gasteiger partial charge is 0.252 e. The number of ether oxygens (including phenoxy) is 1. The van der Waals surface area contributed by atoms with E-state index in [9.17, 15) is 9.18 Å². The number of rotatable bonds is 8. The first-order valence-corrected chi connectivity index (χ1v) is 13.5. The Labute approximate surface area is 235 Å². The van der Waals surface area contributed by atoms with Crippen molar-refractivity contribution < 1.29 is 13.9 Å². The lowest BCUT2D eigenvalue weighted by molar-refractivity contribution is -0.148. The molecule has 0 unspecified atom stereocenters. The highest BCUT2D eigenvalue weighted by Gasteiger charge is 2.43. The molecule has 1 amide bonds. The van der Waals surface area contributed by atoms with Gasteiger partial charge in [-0.25, -0.2) is 24.0 Å². The van der Waals surface area contributed by atoms with Crippen LogP contribution in [-0.4, -0.2) is 58.5 Å². The van der Waals surface area contributed by atoms with E-state index in [0.29, 0.717) is 43.1 Å². The van der Waals surface area contributed by atoms with Gasteiger partial charge in [-0.1, -0.05) is 6.07 Å². The van der Waals surface area contributed by atoms with E-state index in [1.165, 1.54) is 10.9 Å². The van der Waals surface area contributed by atoms with Crippen LogP contribution < -0.4 is 10.6 Å². The van der Waals surface area contributed by atoms with E-state index in [1.807, 2.05) is 32.0 Å². The van der Waals surface area contributed by atoms with Crippen LogP contribution >= 0.6 is 0 Å². The number of aromatic amines is 2. The van der Waals surface area contributed by atoms with Gasteiger partial charge < -0.3 is 20.4 Å². The van der Waals surface area contributed by atoms with E-state index < -0.39 is 11.4 Å². The van der Waals surface area contributed by atoms with Crippen molar-refractivity contribution in [2.45, 2.75) is 57.1 Å². The minimum Gasteiger partial charge on any atom is -0.368 e.